The van der Waals surface area contributed by atoms with Gasteiger partial charge in [0, 0.05) is 6.54 Å². The van der Waals surface area contributed by atoms with Crippen LogP contribution in [0.2, 0.25) is 0 Å². The molecule has 1 rings (SSSR count). The summed E-state index contributed by atoms with van der Waals surface area (Å²) in [5.41, 5.74) is 6.85. The van der Waals surface area contributed by atoms with Gasteiger partial charge in [0.15, 0.2) is 0 Å². The maximum absolute atomic E-state index is 10.3. The van der Waals surface area contributed by atoms with Crippen molar-refractivity contribution in [3.8, 4) is 0 Å². The highest BCUT2D eigenvalue weighted by molar-refractivity contribution is 5.70. The van der Waals surface area contributed by atoms with Crippen molar-refractivity contribution >= 4 is 17.3 Å². The number of aliphatic carboxylic acids is 1. The van der Waals surface area contributed by atoms with Crippen molar-refractivity contribution in [3.63, 3.8) is 0 Å². The molecule has 5 nitrogen and oxygen atoms in total. The number of anilines is 2. The molecule has 0 fully saturated rings. The first kappa shape index (κ1) is 10.3. The highest BCUT2D eigenvalue weighted by atomic mass is 16.4. The average molecular weight is 195 g/mol. The zero-order valence-corrected chi connectivity index (χ0v) is 7.68. The van der Waals surface area contributed by atoms with Crippen LogP contribution in [0.5, 0.6) is 0 Å². The maximum Gasteiger partial charge on any atom is 0.305 e. The molecule has 0 aliphatic rings. The highest BCUT2D eigenvalue weighted by Gasteiger charge is 2.06. The van der Waals surface area contributed by atoms with Gasteiger partial charge in [-0.3, -0.25) is 4.79 Å². The molecule has 0 saturated carbocycles. The van der Waals surface area contributed by atoms with Gasteiger partial charge in [-0.1, -0.05) is 12.1 Å². The van der Waals surface area contributed by atoms with E-state index in [-0.39, 0.29) is 13.0 Å². The van der Waals surface area contributed by atoms with E-state index in [0.717, 1.165) is 0 Å². The van der Waals surface area contributed by atoms with Crippen LogP contribution in [-0.4, -0.2) is 17.6 Å². The van der Waals surface area contributed by atoms with E-state index in [1.54, 1.807) is 24.3 Å². The van der Waals surface area contributed by atoms with Gasteiger partial charge in [0.1, 0.15) is 0 Å². The van der Waals surface area contributed by atoms with E-state index in [2.05, 4.69) is 0 Å². The van der Waals surface area contributed by atoms with Crippen LogP contribution >= 0.6 is 0 Å². The Balaban J connectivity index is 2.65. The van der Waals surface area contributed by atoms with Gasteiger partial charge in [0.25, 0.3) is 0 Å². The summed E-state index contributed by atoms with van der Waals surface area (Å²) >= 11 is 0. The number of hydrogen-bond donors (Lipinski definition) is 3. The lowest BCUT2D eigenvalue weighted by Crippen LogP contribution is -2.33. The first-order valence-corrected chi connectivity index (χ1v) is 4.20. The summed E-state index contributed by atoms with van der Waals surface area (Å²) in [7, 11) is 0. The minimum Gasteiger partial charge on any atom is -0.481 e. The molecule has 1 aromatic carbocycles. The van der Waals surface area contributed by atoms with Crippen LogP contribution in [-0.2, 0) is 4.79 Å². The van der Waals surface area contributed by atoms with Crippen LogP contribution in [0.1, 0.15) is 6.42 Å². The topological polar surface area (TPSA) is 92.6 Å². The van der Waals surface area contributed by atoms with Crippen LogP contribution in [0.15, 0.2) is 24.3 Å². The highest BCUT2D eigenvalue weighted by Crippen LogP contribution is 2.19. The largest absolute Gasteiger partial charge is 0.481 e. The molecule has 5 N–H and O–H groups in total. The van der Waals surface area contributed by atoms with Crippen LogP contribution in [0.3, 0.4) is 0 Å². The fraction of sp³-hybridized carbons (Fsp3) is 0.222. The molecule has 0 atom stereocenters. The Morgan fingerprint density at radius 1 is 1.43 bits per heavy atom. The molecule has 0 bridgehead atoms. The van der Waals surface area contributed by atoms with E-state index in [1.165, 1.54) is 5.01 Å². The van der Waals surface area contributed by atoms with E-state index in [4.69, 9.17) is 16.7 Å². The zero-order chi connectivity index (χ0) is 10.6. The number of nitrogens with zero attached hydrogens (tertiary/aromatic N) is 1. The molecule has 76 valence electrons. The van der Waals surface area contributed by atoms with E-state index in [1.807, 2.05) is 0 Å². The Morgan fingerprint density at radius 2 is 2.07 bits per heavy atom. The number of nitrogens with two attached hydrogens (primary N) is 2. The molecular formula is C9H13N3O2. The molecule has 5 heteroatoms. The smallest absolute Gasteiger partial charge is 0.305 e. The Morgan fingerprint density at radius 3 is 2.64 bits per heavy atom. The van der Waals surface area contributed by atoms with Crippen molar-refractivity contribution in [2.75, 3.05) is 17.3 Å². The zero-order valence-electron chi connectivity index (χ0n) is 7.68. The predicted molar refractivity (Wildman–Crippen MR) is 54.6 cm³/mol. The second-order valence-corrected chi connectivity index (χ2v) is 2.90. The standard InChI is InChI=1S/C9H13N3O2/c10-7-3-1-2-4-8(7)12(11)6-5-9(13)14/h1-4H,5-6,10-11H2,(H,13,14). The molecule has 0 radical (unpaired) electrons. The van der Waals surface area contributed by atoms with Crippen molar-refractivity contribution < 1.29 is 9.90 Å². The van der Waals surface area contributed by atoms with Gasteiger partial charge >= 0.3 is 5.97 Å². The van der Waals surface area contributed by atoms with Crippen LogP contribution in [0.25, 0.3) is 0 Å². The van der Waals surface area contributed by atoms with Crippen molar-refractivity contribution in [2.45, 2.75) is 6.42 Å². The second-order valence-electron chi connectivity index (χ2n) is 2.90. The molecular weight excluding hydrogens is 182 g/mol. The number of benzene rings is 1. The van der Waals surface area contributed by atoms with Gasteiger partial charge in [-0.05, 0) is 12.1 Å². The number of hydrazine groups is 1. The van der Waals surface area contributed by atoms with E-state index in [0.29, 0.717) is 11.4 Å². The van der Waals surface area contributed by atoms with Crippen molar-refractivity contribution in [1.29, 1.82) is 0 Å². The molecule has 0 heterocycles. The number of hydrogen-bond acceptors (Lipinski definition) is 4. The molecule has 1 aromatic rings. The third-order valence-electron chi connectivity index (χ3n) is 1.81. The van der Waals surface area contributed by atoms with Gasteiger partial charge in [-0.2, -0.15) is 0 Å². The third kappa shape index (κ3) is 2.63. The first-order chi connectivity index (χ1) is 6.61. The molecule has 14 heavy (non-hydrogen) atoms. The quantitative estimate of drug-likeness (QED) is 0.368. The Labute approximate surface area is 81.9 Å². The van der Waals surface area contributed by atoms with Crippen LogP contribution in [0, 0.1) is 0 Å². The fourth-order valence-corrected chi connectivity index (χ4v) is 1.09. The first-order valence-electron chi connectivity index (χ1n) is 4.20. The molecule has 0 aliphatic carbocycles. The lowest BCUT2D eigenvalue weighted by Gasteiger charge is -2.19. The lowest BCUT2D eigenvalue weighted by molar-refractivity contribution is -0.136. The number of rotatable bonds is 4. The SMILES string of the molecule is Nc1ccccc1N(N)CCC(=O)O. The summed E-state index contributed by atoms with van der Waals surface area (Å²) in [6.45, 7) is 0.240. The number of carboxylic acid groups (broad SMARTS) is 1. The number of nitrogen functional groups attached to an aromatic ring is 1. The number of carboxylic acids is 1. The minimum absolute atomic E-state index is 0.00909. The number of carbonyl (C=O) groups is 1. The summed E-state index contributed by atoms with van der Waals surface area (Å²) in [6.07, 6.45) is -0.00909. The average Bonchev–Trinajstić information content (AvgIpc) is 2.15. The van der Waals surface area contributed by atoms with Gasteiger partial charge in [0.05, 0.1) is 17.8 Å². The molecule has 0 amide bonds. The van der Waals surface area contributed by atoms with Gasteiger partial charge < -0.3 is 15.8 Å². The Hall–Kier alpha value is -1.75. The minimum atomic E-state index is -0.880. The second kappa shape index (κ2) is 4.48. The van der Waals surface area contributed by atoms with Crippen LogP contribution < -0.4 is 16.6 Å². The summed E-state index contributed by atoms with van der Waals surface area (Å²) in [4.78, 5) is 10.3. The fourth-order valence-electron chi connectivity index (χ4n) is 1.09. The lowest BCUT2D eigenvalue weighted by atomic mass is 10.2. The predicted octanol–water partition coefficient (Wildman–Crippen LogP) is 0.424. The van der Waals surface area contributed by atoms with Gasteiger partial charge in [-0.15, -0.1) is 0 Å². The molecule has 0 aliphatic heterocycles. The van der Waals surface area contributed by atoms with Crippen molar-refractivity contribution in [3.05, 3.63) is 24.3 Å². The summed E-state index contributed by atoms with van der Waals surface area (Å²) in [5, 5.41) is 9.80. The summed E-state index contributed by atoms with van der Waals surface area (Å²) in [5.74, 6) is 4.75. The summed E-state index contributed by atoms with van der Waals surface area (Å²) < 4.78 is 0. The monoisotopic (exact) mass is 195 g/mol. The van der Waals surface area contributed by atoms with Gasteiger partial charge in [-0.25, -0.2) is 5.84 Å². The molecule has 0 saturated heterocycles. The normalized spacial score (nSPS) is 9.79. The van der Waals surface area contributed by atoms with Crippen molar-refractivity contribution in [1.82, 2.24) is 0 Å². The molecule has 0 unspecified atom stereocenters. The Kier molecular flexibility index (Phi) is 3.30. The third-order valence-corrected chi connectivity index (χ3v) is 1.81. The van der Waals surface area contributed by atoms with Crippen molar-refractivity contribution in [2.24, 2.45) is 5.84 Å². The van der Waals surface area contributed by atoms with E-state index >= 15 is 0 Å². The summed E-state index contributed by atoms with van der Waals surface area (Å²) in [6, 6.07) is 7.06. The maximum atomic E-state index is 10.3. The molecule has 0 aromatic heterocycles. The Bertz CT molecular complexity index is 328. The number of para-hydroxylation sites is 2. The van der Waals surface area contributed by atoms with E-state index < -0.39 is 5.97 Å². The van der Waals surface area contributed by atoms with E-state index in [9.17, 15) is 4.79 Å². The van der Waals surface area contributed by atoms with Gasteiger partial charge in [0.2, 0.25) is 0 Å². The van der Waals surface area contributed by atoms with Crippen LogP contribution in [0.4, 0.5) is 11.4 Å². The molecule has 0 spiro atoms.